The fourth-order valence-corrected chi connectivity index (χ4v) is 5.32. The summed E-state index contributed by atoms with van der Waals surface area (Å²) in [6.45, 7) is 7.42. The van der Waals surface area contributed by atoms with Crippen LogP contribution in [0.25, 0.3) is 10.8 Å². The van der Waals surface area contributed by atoms with Crippen molar-refractivity contribution in [2.24, 2.45) is 0 Å². The van der Waals surface area contributed by atoms with Gasteiger partial charge in [-0.15, -0.1) is 10.2 Å². The highest BCUT2D eigenvalue weighted by Gasteiger charge is 2.29. The summed E-state index contributed by atoms with van der Waals surface area (Å²) in [4.78, 5) is 14.9. The van der Waals surface area contributed by atoms with E-state index in [0.717, 1.165) is 46.9 Å². The summed E-state index contributed by atoms with van der Waals surface area (Å²) in [5, 5.41) is 11.7. The van der Waals surface area contributed by atoms with Crippen molar-refractivity contribution in [1.29, 1.82) is 0 Å². The van der Waals surface area contributed by atoms with E-state index in [1.54, 1.807) is 0 Å². The van der Waals surface area contributed by atoms with Gasteiger partial charge in [0.1, 0.15) is 12.4 Å². The molecule has 1 amide bonds. The maximum atomic E-state index is 12.9. The zero-order chi connectivity index (χ0) is 21.8. The summed E-state index contributed by atoms with van der Waals surface area (Å²) in [5.41, 5.74) is 0. The van der Waals surface area contributed by atoms with E-state index in [1.165, 1.54) is 18.2 Å². The van der Waals surface area contributed by atoms with Crippen LogP contribution < -0.4 is 4.74 Å². The van der Waals surface area contributed by atoms with Gasteiger partial charge in [0.25, 0.3) is 0 Å². The molecule has 0 bridgehead atoms. The quantitative estimate of drug-likeness (QED) is 0.491. The zero-order valence-electron chi connectivity index (χ0n) is 18.5. The molecule has 2 heterocycles. The monoisotopic (exact) mass is 438 g/mol. The second-order valence-corrected chi connectivity index (χ2v) is 9.07. The number of benzene rings is 2. The number of likely N-dealkylation sites (tertiary alicyclic amines) is 1. The van der Waals surface area contributed by atoms with Crippen LogP contribution in [0.3, 0.4) is 0 Å². The first-order chi connectivity index (χ1) is 15.1. The number of piperidine rings is 1. The van der Waals surface area contributed by atoms with Crippen LogP contribution in [0.1, 0.15) is 45.9 Å². The Labute approximate surface area is 188 Å². The Morgan fingerprint density at radius 2 is 1.84 bits per heavy atom. The molecule has 1 saturated heterocycles. The van der Waals surface area contributed by atoms with Crippen molar-refractivity contribution in [2.75, 3.05) is 5.75 Å². The lowest BCUT2D eigenvalue weighted by Gasteiger charge is -2.39. The van der Waals surface area contributed by atoms with Gasteiger partial charge in [-0.2, -0.15) is 0 Å². The predicted molar refractivity (Wildman–Crippen MR) is 124 cm³/mol. The number of fused-ring (bicyclic) bond motifs is 1. The van der Waals surface area contributed by atoms with E-state index < -0.39 is 0 Å². The Bertz CT molecular complexity index is 1040. The number of carbonyl (C=O) groups excluding carboxylic acids is 1. The Kier molecular flexibility index (Phi) is 6.80. The Hall–Kier alpha value is -2.54. The van der Waals surface area contributed by atoms with Crippen LogP contribution in [0, 0.1) is 0 Å². The fraction of sp³-hybridized carbons (Fsp3) is 0.458. The normalized spacial score (nSPS) is 19.0. The van der Waals surface area contributed by atoms with Crippen LogP contribution in [0.2, 0.25) is 0 Å². The first-order valence-electron chi connectivity index (χ1n) is 11.0. The molecular weight excluding hydrogens is 408 g/mol. The van der Waals surface area contributed by atoms with Gasteiger partial charge in [-0.25, -0.2) is 0 Å². The van der Waals surface area contributed by atoms with Crippen LogP contribution in [0.4, 0.5) is 0 Å². The number of hydrogen-bond donors (Lipinski definition) is 0. The summed E-state index contributed by atoms with van der Waals surface area (Å²) in [6.07, 6.45) is 3.37. The largest absolute Gasteiger partial charge is 0.485 e. The SMILES string of the molecule is CCn1c(COc2cccc3ccccc23)nnc1SCC(=O)N1[C@@H](C)CCC[C@@H]1C. The van der Waals surface area contributed by atoms with Gasteiger partial charge in [0.15, 0.2) is 11.0 Å². The van der Waals surface area contributed by atoms with Crippen molar-refractivity contribution in [1.82, 2.24) is 19.7 Å². The fourth-order valence-electron chi connectivity index (χ4n) is 4.43. The standard InChI is InChI=1S/C24H30N4O2S/c1-4-27-22(15-30-21-14-8-12-19-11-5-6-13-20(19)21)25-26-24(27)31-16-23(29)28-17(2)9-7-10-18(28)3/h5-6,8,11-14,17-18H,4,7,9-10,15-16H2,1-3H3/t17-,18-/m0/s1. The van der Waals surface area contributed by atoms with Crippen LogP contribution >= 0.6 is 11.8 Å². The Balaban J connectivity index is 1.42. The lowest BCUT2D eigenvalue weighted by atomic mass is 9.98. The van der Waals surface area contributed by atoms with Crippen molar-refractivity contribution in [2.45, 2.75) is 70.4 Å². The molecule has 2 aromatic carbocycles. The van der Waals surface area contributed by atoms with Crippen LogP contribution in [-0.2, 0) is 17.9 Å². The molecule has 0 unspecified atom stereocenters. The van der Waals surface area contributed by atoms with E-state index in [4.69, 9.17) is 4.74 Å². The molecule has 1 aromatic heterocycles. The number of aromatic nitrogens is 3. The average Bonchev–Trinajstić information content (AvgIpc) is 3.18. The molecule has 4 rings (SSSR count). The molecule has 3 aromatic rings. The third kappa shape index (κ3) is 4.71. The molecule has 0 saturated carbocycles. The lowest BCUT2D eigenvalue weighted by molar-refractivity contribution is -0.134. The number of thioether (sulfide) groups is 1. The number of carbonyl (C=O) groups is 1. The lowest BCUT2D eigenvalue weighted by Crippen LogP contribution is -2.48. The van der Waals surface area contributed by atoms with Crippen LogP contribution in [0.5, 0.6) is 5.75 Å². The van der Waals surface area contributed by atoms with Crippen LogP contribution in [-0.4, -0.2) is 43.4 Å². The zero-order valence-corrected chi connectivity index (χ0v) is 19.3. The molecule has 0 aliphatic carbocycles. The minimum Gasteiger partial charge on any atom is -0.485 e. The predicted octanol–water partition coefficient (Wildman–Crippen LogP) is 4.91. The Morgan fingerprint density at radius 3 is 2.61 bits per heavy atom. The van der Waals surface area contributed by atoms with Gasteiger partial charge in [0.2, 0.25) is 5.91 Å². The van der Waals surface area contributed by atoms with Gasteiger partial charge in [0.05, 0.1) is 5.75 Å². The molecule has 1 aliphatic rings. The maximum Gasteiger partial charge on any atom is 0.233 e. The molecule has 2 atom stereocenters. The molecule has 1 fully saturated rings. The molecule has 164 valence electrons. The van der Waals surface area contributed by atoms with E-state index in [9.17, 15) is 4.79 Å². The highest BCUT2D eigenvalue weighted by Crippen LogP contribution is 2.27. The topological polar surface area (TPSA) is 60.2 Å². The number of hydrogen-bond acceptors (Lipinski definition) is 5. The van der Waals surface area contributed by atoms with Crippen molar-refractivity contribution in [3.63, 3.8) is 0 Å². The van der Waals surface area contributed by atoms with E-state index >= 15 is 0 Å². The Morgan fingerprint density at radius 1 is 1.10 bits per heavy atom. The van der Waals surface area contributed by atoms with Gasteiger partial charge in [0, 0.05) is 24.0 Å². The summed E-state index contributed by atoms with van der Waals surface area (Å²) in [7, 11) is 0. The first-order valence-corrected chi connectivity index (χ1v) is 12.0. The molecule has 31 heavy (non-hydrogen) atoms. The third-order valence-corrected chi connectivity index (χ3v) is 6.97. The number of ether oxygens (including phenoxy) is 1. The van der Waals surface area contributed by atoms with Gasteiger partial charge < -0.3 is 14.2 Å². The van der Waals surface area contributed by atoms with Crippen LogP contribution in [0.15, 0.2) is 47.6 Å². The molecular formula is C24H30N4O2S. The van der Waals surface area contributed by atoms with Crippen molar-refractivity contribution in [3.8, 4) is 5.75 Å². The van der Waals surface area contributed by atoms with Crippen molar-refractivity contribution >= 4 is 28.4 Å². The summed E-state index contributed by atoms with van der Waals surface area (Å²) in [5.74, 6) is 2.17. The van der Waals surface area contributed by atoms with Gasteiger partial charge in [-0.1, -0.05) is 48.2 Å². The second kappa shape index (κ2) is 9.73. The highest BCUT2D eigenvalue weighted by molar-refractivity contribution is 7.99. The van der Waals surface area contributed by atoms with Gasteiger partial charge >= 0.3 is 0 Å². The van der Waals surface area contributed by atoms with Gasteiger partial charge in [-0.05, 0) is 51.5 Å². The van der Waals surface area contributed by atoms with E-state index in [2.05, 4.69) is 49.2 Å². The van der Waals surface area contributed by atoms with Crippen molar-refractivity contribution in [3.05, 3.63) is 48.3 Å². The van der Waals surface area contributed by atoms with Crippen molar-refractivity contribution < 1.29 is 9.53 Å². The molecule has 6 nitrogen and oxygen atoms in total. The molecule has 0 radical (unpaired) electrons. The highest BCUT2D eigenvalue weighted by atomic mass is 32.2. The number of amides is 1. The van der Waals surface area contributed by atoms with E-state index in [0.29, 0.717) is 24.4 Å². The number of rotatable bonds is 7. The third-order valence-electron chi connectivity index (χ3n) is 6.02. The molecule has 7 heteroatoms. The van der Waals surface area contributed by atoms with E-state index in [1.807, 2.05) is 33.7 Å². The maximum absolute atomic E-state index is 12.9. The molecule has 0 spiro atoms. The van der Waals surface area contributed by atoms with Gasteiger partial charge in [-0.3, -0.25) is 4.79 Å². The smallest absolute Gasteiger partial charge is 0.233 e. The minimum absolute atomic E-state index is 0.184. The number of nitrogens with zero attached hydrogens (tertiary/aromatic N) is 4. The molecule has 1 aliphatic heterocycles. The minimum atomic E-state index is 0.184. The van der Waals surface area contributed by atoms with E-state index in [-0.39, 0.29) is 5.91 Å². The summed E-state index contributed by atoms with van der Waals surface area (Å²) >= 11 is 1.47. The summed E-state index contributed by atoms with van der Waals surface area (Å²) in [6, 6.07) is 14.8. The second-order valence-electron chi connectivity index (χ2n) is 8.13. The first kappa shape index (κ1) is 21.7. The summed E-state index contributed by atoms with van der Waals surface area (Å²) < 4.78 is 8.14. The average molecular weight is 439 g/mol. The molecule has 0 N–H and O–H groups in total.